The zero-order valence-electron chi connectivity index (χ0n) is 19.5. The molecule has 2 fully saturated rings. The van der Waals surface area contributed by atoms with E-state index in [1.165, 1.54) is 0 Å². The molecule has 0 bridgehead atoms. The molecule has 3 heterocycles. The summed E-state index contributed by atoms with van der Waals surface area (Å²) in [5.41, 5.74) is 3.64. The van der Waals surface area contributed by atoms with Gasteiger partial charge in [-0.15, -0.1) is 5.10 Å². The first-order chi connectivity index (χ1) is 16.4. The van der Waals surface area contributed by atoms with Gasteiger partial charge in [-0.1, -0.05) is 5.21 Å². The number of aliphatic carboxylic acids is 1. The minimum atomic E-state index is -0.673. The van der Waals surface area contributed by atoms with Crippen LogP contribution in [-0.4, -0.2) is 47.1 Å². The predicted octanol–water partition coefficient (Wildman–Crippen LogP) is 3.13. The van der Waals surface area contributed by atoms with Gasteiger partial charge in [0.05, 0.1) is 23.4 Å². The Labute approximate surface area is 197 Å². The number of fused-ring (bicyclic) bond motifs is 1. The lowest BCUT2D eigenvalue weighted by atomic mass is 9.92. The molecule has 3 aromatic heterocycles. The molecule has 1 N–H and O–H groups in total. The van der Waals surface area contributed by atoms with Crippen molar-refractivity contribution in [3.63, 3.8) is 0 Å². The molecule has 5 rings (SSSR count). The quantitative estimate of drug-likeness (QED) is 0.561. The van der Waals surface area contributed by atoms with E-state index in [4.69, 9.17) is 14.5 Å². The number of carbonyl (C=O) groups is 1. The summed E-state index contributed by atoms with van der Waals surface area (Å²) in [5, 5.41) is 17.9. The van der Waals surface area contributed by atoms with Gasteiger partial charge in [-0.25, -0.2) is 19.6 Å². The maximum atomic E-state index is 11.5. The third-order valence-electron chi connectivity index (χ3n) is 7.02. The van der Waals surface area contributed by atoms with Crippen molar-refractivity contribution in [1.29, 1.82) is 0 Å². The molecule has 0 saturated heterocycles. The van der Waals surface area contributed by atoms with Crippen molar-refractivity contribution >= 4 is 5.97 Å². The summed E-state index contributed by atoms with van der Waals surface area (Å²) in [5.74, 6) is 0.471. The molecule has 4 atom stereocenters. The molecular formula is C24H28N6O4. The van der Waals surface area contributed by atoms with Crippen molar-refractivity contribution in [3.05, 3.63) is 41.5 Å². The summed E-state index contributed by atoms with van der Waals surface area (Å²) in [6, 6.07) is 5.88. The van der Waals surface area contributed by atoms with Crippen LogP contribution in [0.25, 0.3) is 11.4 Å². The van der Waals surface area contributed by atoms with Crippen LogP contribution in [0.15, 0.2) is 24.4 Å². The van der Waals surface area contributed by atoms with E-state index in [2.05, 4.69) is 20.3 Å². The van der Waals surface area contributed by atoms with Crippen LogP contribution in [0.5, 0.6) is 11.8 Å². The second kappa shape index (κ2) is 9.00. The van der Waals surface area contributed by atoms with E-state index in [1.54, 1.807) is 17.9 Å². The molecule has 0 aromatic carbocycles. The van der Waals surface area contributed by atoms with Crippen molar-refractivity contribution in [2.24, 2.45) is 24.8 Å². The molecule has 34 heavy (non-hydrogen) atoms. The average molecular weight is 465 g/mol. The summed E-state index contributed by atoms with van der Waals surface area (Å²) < 4.78 is 13.7. The molecule has 2 saturated carbocycles. The lowest BCUT2D eigenvalue weighted by Gasteiger charge is -2.18. The Balaban J connectivity index is 1.29. The molecule has 10 nitrogen and oxygen atoms in total. The number of carboxylic acids is 1. The number of nitrogens with zero attached hydrogens (tertiary/aromatic N) is 6. The van der Waals surface area contributed by atoms with Gasteiger partial charge in [-0.3, -0.25) is 4.79 Å². The van der Waals surface area contributed by atoms with Gasteiger partial charge >= 0.3 is 12.0 Å². The van der Waals surface area contributed by atoms with Crippen LogP contribution in [-0.2, 0) is 18.4 Å². The number of ether oxygens (including phenoxy) is 2. The molecule has 10 heteroatoms. The Morgan fingerprint density at radius 2 is 2.03 bits per heavy atom. The van der Waals surface area contributed by atoms with Crippen LogP contribution >= 0.6 is 0 Å². The van der Waals surface area contributed by atoms with Gasteiger partial charge in [-0.2, -0.15) is 0 Å². The molecule has 0 amide bonds. The fraction of sp³-hybridized carbons (Fsp3) is 0.500. The fourth-order valence-corrected chi connectivity index (χ4v) is 5.29. The van der Waals surface area contributed by atoms with Gasteiger partial charge in [0.1, 0.15) is 23.7 Å². The van der Waals surface area contributed by atoms with E-state index >= 15 is 0 Å². The van der Waals surface area contributed by atoms with Gasteiger partial charge < -0.3 is 14.6 Å². The van der Waals surface area contributed by atoms with E-state index in [0.29, 0.717) is 23.3 Å². The van der Waals surface area contributed by atoms with Gasteiger partial charge in [0.25, 0.3) is 0 Å². The van der Waals surface area contributed by atoms with Crippen LogP contribution in [0.1, 0.15) is 42.8 Å². The molecule has 0 radical (unpaired) electrons. The topological polar surface area (TPSA) is 125 Å². The van der Waals surface area contributed by atoms with Crippen LogP contribution in [0.3, 0.4) is 0 Å². The molecule has 3 aromatic rings. The largest absolute Gasteiger partial charge is 0.489 e. The highest BCUT2D eigenvalue weighted by Crippen LogP contribution is 2.48. The van der Waals surface area contributed by atoms with Gasteiger partial charge in [0.2, 0.25) is 0 Å². The summed E-state index contributed by atoms with van der Waals surface area (Å²) >= 11 is 0. The van der Waals surface area contributed by atoms with Crippen molar-refractivity contribution in [2.45, 2.75) is 52.2 Å². The Morgan fingerprint density at radius 3 is 2.79 bits per heavy atom. The summed E-state index contributed by atoms with van der Waals surface area (Å²) in [6.45, 7) is 3.99. The molecule has 0 unspecified atom stereocenters. The lowest BCUT2D eigenvalue weighted by molar-refractivity contribution is -0.143. The molecule has 2 aliphatic carbocycles. The number of pyridine rings is 1. The third-order valence-corrected chi connectivity index (χ3v) is 7.02. The molecular weight excluding hydrogens is 436 g/mol. The minimum Gasteiger partial charge on any atom is -0.489 e. The second-order valence-electron chi connectivity index (χ2n) is 9.21. The lowest BCUT2D eigenvalue weighted by Crippen LogP contribution is -2.21. The van der Waals surface area contributed by atoms with E-state index < -0.39 is 5.97 Å². The standard InChI is InChI=1S/C24H28N6O4/c1-13-8-9-25-24(26-13)33-12-20-22(28-29-30(20)3)19-6-7-21(14(2)27-19)34-16-10-15-4-5-17(23(31)32)18(15)11-16/h6-9,15-18H,4-5,10-12H2,1-3H3,(H,31,32)/t15-,16+,17-,18+/m0/s1. The van der Waals surface area contributed by atoms with E-state index in [0.717, 1.165) is 48.5 Å². The smallest absolute Gasteiger partial charge is 0.316 e. The van der Waals surface area contributed by atoms with Crippen molar-refractivity contribution < 1.29 is 19.4 Å². The first kappa shape index (κ1) is 22.2. The van der Waals surface area contributed by atoms with Gasteiger partial charge in [0, 0.05) is 18.9 Å². The van der Waals surface area contributed by atoms with Gasteiger partial charge in [0.15, 0.2) is 0 Å². The zero-order chi connectivity index (χ0) is 23.8. The van der Waals surface area contributed by atoms with Crippen LogP contribution < -0.4 is 9.47 Å². The number of aryl methyl sites for hydroxylation is 3. The Hall–Kier alpha value is -3.56. The zero-order valence-corrected chi connectivity index (χ0v) is 19.5. The number of hydrogen-bond acceptors (Lipinski definition) is 8. The number of carboxylic acid groups (broad SMARTS) is 1. The minimum absolute atomic E-state index is 0.0262. The maximum absolute atomic E-state index is 11.5. The van der Waals surface area contributed by atoms with Crippen LogP contribution in [0, 0.1) is 31.6 Å². The van der Waals surface area contributed by atoms with Gasteiger partial charge in [-0.05, 0) is 69.6 Å². The summed E-state index contributed by atoms with van der Waals surface area (Å²) in [4.78, 5) is 24.6. The highest BCUT2D eigenvalue weighted by molar-refractivity contribution is 5.71. The average Bonchev–Trinajstić information content (AvgIpc) is 3.48. The number of hydrogen-bond donors (Lipinski definition) is 1. The molecule has 0 aliphatic heterocycles. The third kappa shape index (κ3) is 4.32. The number of aromatic nitrogens is 6. The monoisotopic (exact) mass is 464 g/mol. The predicted molar refractivity (Wildman–Crippen MR) is 121 cm³/mol. The van der Waals surface area contributed by atoms with E-state index in [-0.39, 0.29) is 24.5 Å². The molecule has 2 aliphatic rings. The van der Waals surface area contributed by atoms with Crippen LogP contribution in [0.4, 0.5) is 0 Å². The van der Waals surface area contributed by atoms with Crippen molar-refractivity contribution in [1.82, 2.24) is 29.9 Å². The Kier molecular flexibility index (Phi) is 5.89. The molecule has 0 spiro atoms. The van der Waals surface area contributed by atoms with Crippen LogP contribution in [0.2, 0.25) is 0 Å². The second-order valence-corrected chi connectivity index (χ2v) is 9.21. The maximum Gasteiger partial charge on any atom is 0.316 e. The highest BCUT2D eigenvalue weighted by atomic mass is 16.5. The highest BCUT2D eigenvalue weighted by Gasteiger charge is 2.47. The fourth-order valence-electron chi connectivity index (χ4n) is 5.29. The molecule has 178 valence electrons. The Morgan fingerprint density at radius 1 is 1.18 bits per heavy atom. The first-order valence-electron chi connectivity index (χ1n) is 11.6. The van der Waals surface area contributed by atoms with E-state index in [9.17, 15) is 9.90 Å². The van der Waals surface area contributed by atoms with Crippen molar-refractivity contribution in [2.75, 3.05) is 0 Å². The summed E-state index contributed by atoms with van der Waals surface area (Å²) in [6.07, 6.45) is 5.13. The van der Waals surface area contributed by atoms with E-state index in [1.807, 2.05) is 32.0 Å². The normalized spacial score (nSPS) is 23.6. The Bertz CT molecular complexity index is 1210. The first-order valence-corrected chi connectivity index (χ1v) is 11.6. The van der Waals surface area contributed by atoms with Crippen molar-refractivity contribution in [3.8, 4) is 23.1 Å². The SMILES string of the molecule is Cc1ccnc(OCc2c(-c3ccc(O[C@@H]4C[C@@H]5CC[C@H](C(=O)O)[C@@H]5C4)c(C)n3)nnn2C)n1. The number of rotatable bonds is 7. The summed E-state index contributed by atoms with van der Waals surface area (Å²) in [7, 11) is 1.80.